The van der Waals surface area contributed by atoms with E-state index in [1.165, 1.54) is 12.1 Å². The molecule has 0 atom stereocenters. The zero-order valence-corrected chi connectivity index (χ0v) is 25.2. The van der Waals surface area contributed by atoms with Gasteiger partial charge < -0.3 is 25.0 Å². The van der Waals surface area contributed by atoms with Gasteiger partial charge in [0.05, 0.1) is 22.6 Å². The standard InChI is InChI=1S/C30H38F3N5O7/c1-19(2)17-45-28-16-23(6-10-27(28)38(42)43)35-21-11-13-36(14-12-21)29(39)18-44-24-7-3-20(4-8-24)34-22-5-9-26(37(40)41)25(15-22)30(31,32)33/h5-6,9-10,15-16,19-21,24,34-35H,3-4,7-8,11-14,17-18H2,1-2H3. The number of piperidine rings is 1. The number of hydrogen-bond acceptors (Lipinski definition) is 9. The number of alkyl halides is 3. The molecule has 0 aromatic heterocycles. The Morgan fingerprint density at radius 1 is 0.911 bits per heavy atom. The molecule has 4 rings (SSSR count). The second kappa shape index (κ2) is 14.8. The van der Waals surface area contributed by atoms with Gasteiger partial charge in [0.25, 0.3) is 5.69 Å². The predicted molar refractivity (Wildman–Crippen MR) is 160 cm³/mol. The summed E-state index contributed by atoms with van der Waals surface area (Å²) in [6.07, 6.45) is -1.14. The molecule has 1 aliphatic carbocycles. The van der Waals surface area contributed by atoms with Crippen LogP contribution in [0.1, 0.15) is 57.9 Å². The topological polar surface area (TPSA) is 149 Å². The number of amides is 1. The average molecular weight is 638 g/mol. The maximum atomic E-state index is 13.3. The highest BCUT2D eigenvalue weighted by molar-refractivity contribution is 5.77. The van der Waals surface area contributed by atoms with Gasteiger partial charge in [0.2, 0.25) is 5.91 Å². The van der Waals surface area contributed by atoms with E-state index in [0.29, 0.717) is 63.9 Å². The van der Waals surface area contributed by atoms with Gasteiger partial charge in [0.1, 0.15) is 12.2 Å². The summed E-state index contributed by atoms with van der Waals surface area (Å²) in [6.45, 7) is 5.30. The van der Waals surface area contributed by atoms with Gasteiger partial charge in [-0.25, -0.2) is 0 Å². The minimum absolute atomic E-state index is 0.0585. The van der Waals surface area contributed by atoms with Crippen molar-refractivity contribution in [2.24, 2.45) is 5.92 Å². The van der Waals surface area contributed by atoms with Crippen LogP contribution in [0.15, 0.2) is 36.4 Å². The molecule has 0 bridgehead atoms. The smallest absolute Gasteiger partial charge is 0.423 e. The van der Waals surface area contributed by atoms with Crippen molar-refractivity contribution in [1.29, 1.82) is 0 Å². The molecule has 2 N–H and O–H groups in total. The second-order valence-electron chi connectivity index (χ2n) is 11.9. The summed E-state index contributed by atoms with van der Waals surface area (Å²) in [5.74, 6) is 0.321. The minimum atomic E-state index is -4.84. The van der Waals surface area contributed by atoms with E-state index >= 15 is 0 Å². The zero-order valence-electron chi connectivity index (χ0n) is 25.2. The third-order valence-corrected chi connectivity index (χ3v) is 7.93. The van der Waals surface area contributed by atoms with Crippen LogP contribution in [-0.2, 0) is 15.7 Å². The number of likely N-dealkylation sites (tertiary alicyclic amines) is 1. The SMILES string of the molecule is CC(C)COc1cc(NC2CCN(C(=O)COC3CCC(Nc4ccc([N+](=O)[O-])c(C(F)(F)F)c4)CC3)CC2)ccc1[N+](=O)[O-]. The first-order chi connectivity index (χ1) is 21.3. The summed E-state index contributed by atoms with van der Waals surface area (Å²) in [5.41, 5.74) is -1.48. The second-order valence-corrected chi connectivity index (χ2v) is 11.9. The van der Waals surface area contributed by atoms with Crippen LogP contribution in [0, 0.1) is 26.1 Å². The Balaban J connectivity index is 1.19. The summed E-state index contributed by atoms with van der Waals surface area (Å²) >= 11 is 0. The van der Waals surface area contributed by atoms with Crippen molar-refractivity contribution in [3.05, 3.63) is 62.2 Å². The van der Waals surface area contributed by atoms with E-state index in [1.54, 1.807) is 17.0 Å². The number of benzene rings is 2. The Morgan fingerprint density at radius 3 is 2.02 bits per heavy atom. The Hall–Kier alpha value is -4.14. The van der Waals surface area contributed by atoms with Gasteiger partial charge >= 0.3 is 11.9 Å². The molecule has 0 spiro atoms. The third kappa shape index (κ3) is 9.42. The Kier molecular flexibility index (Phi) is 11.1. The van der Waals surface area contributed by atoms with E-state index in [2.05, 4.69) is 10.6 Å². The van der Waals surface area contributed by atoms with Crippen molar-refractivity contribution in [3.8, 4) is 5.75 Å². The lowest BCUT2D eigenvalue weighted by Gasteiger charge is -2.34. The molecule has 0 unspecified atom stereocenters. The van der Waals surface area contributed by atoms with Gasteiger partial charge in [0.15, 0.2) is 5.75 Å². The molecule has 1 saturated carbocycles. The quantitative estimate of drug-likeness (QED) is 0.199. The van der Waals surface area contributed by atoms with Crippen LogP contribution in [0.3, 0.4) is 0 Å². The normalized spacial score (nSPS) is 19.3. The van der Waals surface area contributed by atoms with Crippen LogP contribution in [0.2, 0.25) is 0 Å². The van der Waals surface area contributed by atoms with Crippen molar-refractivity contribution in [2.75, 3.05) is 36.9 Å². The molecule has 0 radical (unpaired) electrons. The highest BCUT2D eigenvalue weighted by Crippen LogP contribution is 2.38. The van der Waals surface area contributed by atoms with E-state index in [1.807, 2.05) is 13.8 Å². The molecule has 15 heteroatoms. The van der Waals surface area contributed by atoms with E-state index in [0.717, 1.165) is 12.1 Å². The first-order valence-electron chi connectivity index (χ1n) is 15.0. The van der Waals surface area contributed by atoms with Gasteiger partial charge in [-0.05, 0) is 62.6 Å². The molecule has 2 aliphatic rings. The number of carbonyl (C=O) groups is 1. The fourth-order valence-electron chi connectivity index (χ4n) is 5.54. The van der Waals surface area contributed by atoms with Crippen LogP contribution >= 0.6 is 0 Å². The lowest BCUT2D eigenvalue weighted by Crippen LogP contribution is -2.44. The molecule has 246 valence electrons. The van der Waals surface area contributed by atoms with Crippen LogP contribution in [0.5, 0.6) is 5.75 Å². The third-order valence-electron chi connectivity index (χ3n) is 7.93. The Morgan fingerprint density at radius 2 is 1.47 bits per heavy atom. The number of nitro benzene ring substituents is 2. The number of nitrogens with one attached hydrogen (secondary N) is 2. The van der Waals surface area contributed by atoms with Crippen LogP contribution in [-0.4, -0.2) is 65.1 Å². The highest BCUT2D eigenvalue weighted by Gasteiger charge is 2.38. The number of hydrogen-bond donors (Lipinski definition) is 2. The number of anilines is 2. The molecule has 45 heavy (non-hydrogen) atoms. The van der Waals surface area contributed by atoms with Crippen LogP contribution < -0.4 is 15.4 Å². The van der Waals surface area contributed by atoms with Gasteiger partial charge in [-0.3, -0.25) is 25.0 Å². The molecular formula is C30H38F3N5O7. The van der Waals surface area contributed by atoms with Crippen LogP contribution in [0.4, 0.5) is 35.9 Å². The minimum Gasteiger partial charge on any atom is -0.486 e. The maximum Gasteiger partial charge on any atom is 0.423 e. The molecule has 2 aromatic carbocycles. The van der Waals surface area contributed by atoms with Crippen LogP contribution in [0.25, 0.3) is 0 Å². The fourth-order valence-corrected chi connectivity index (χ4v) is 5.54. The van der Waals surface area contributed by atoms with Gasteiger partial charge in [-0.1, -0.05) is 13.8 Å². The maximum absolute atomic E-state index is 13.3. The molecule has 2 fully saturated rings. The van der Waals surface area contributed by atoms with Crippen molar-refractivity contribution in [1.82, 2.24) is 4.90 Å². The number of carbonyl (C=O) groups excluding carboxylic acids is 1. The van der Waals surface area contributed by atoms with Crippen molar-refractivity contribution in [2.45, 2.75) is 76.7 Å². The summed E-state index contributed by atoms with van der Waals surface area (Å²) in [6, 6.07) is 7.59. The molecule has 12 nitrogen and oxygen atoms in total. The van der Waals surface area contributed by atoms with Crippen molar-refractivity contribution in [3.63, 3.8) is 0 Å². The fraction of sp³-hybridized carbons (Fsp3) is 0.567. The molecular weight excluding hydrogens is 599 g/mol. The summed E-state index contributed by atoms with van der Waals surface area (Å²) in [7, 11) is 0. The zero-order chi connectivity index (χ0) is 32.7. The molecule has 1 saturated heterocycles. The Labute approximate surface area is 258 Å². The van der Waals surface area contributed by atoms with E-state index in [9.17, 15) is 38.2 Å². The lowest BCUT2D eigenvalue weighted by molar-refractivity contribution is -0.388. The Bertz CT molecular complexity index is 1360. The summed E-state index contributed by atoms with van der Waals surface area (Å²) < 4.78 is 51.4. The first-order valence-corrected chi connectivity index (χ1v) is 15.0. The number of rotatable bonds is 12. The van der Waals surface area contributed by atoms with Crippen molar-refractivity contribution < 1.29 is 37.3 Å². The number of halogens is 3. The van der Waals surface area contributed by atoms with E-state index in [-0.39, 0.29) is 53.7 Å². The largest absolute Gasteiger partial charge is 0.486 e. The van der Waals surface area contributed by atoms with E-state index < -0.39 is 27.3 Å². The van der Waals surface area contributed by atoms with Gasteiger partial charge in [-0.2, -0.15) is 13.2 Å². The van der Waals surface area contributed by atoms with Gasteiger partial charge in [0, 0.05) is 54.7 Å². The number of nitro groups is 2. The number of ether oxygens (including phenoxy) is 2. The van der Waals surface area contributed by atoms with E-state index in [4.69, 9.17) is 9.47 Å². The highest BCUT2D eigenvalue weighted by atomic mass is 19.4. The van der Waals surface area contributed by atoms with Gasteiger partial charge in [-0.15, -0.1) is 0 Å². The molecule has 2 aromatic rings. The molecule has 1 heterocycles. The monoisotopic (exact) mass is 637 g/mol. The molecule has 1 amide bonds. The first kappa shape index (κ1) is 33.7. The lowest BCUT2D eigenvalue weighted by atomic mass is 9.92. The molecule has 1 aliphatic heterocycles. The number of nitrogens with zero attached hydrogens (tertiary/aromatic N) is 3. The average Bonchev–Trinajstić information content (AvgIpc) is 2.99. The predicted octanol–water partition coefficient (Wildman–Crippen LogP) is 6.40. The summed E-state index contributed by atoms with van der Waals surface area (Å²) in [4.78, 5) is 35.4. The summed E-state index contributed by atoms with van der Waals surface area (Å²) in [5, 5.41) is 28.8. The van der Waals surface area contributed by atoms with Crippen molar-refractivity contribution >= 4 is 28.7 Å².